The molecular formula is C21H24ClN5O3S. The highest BCUT2D eigenvalue weighted by Crippen LogP contribution is 2.30. The van der Waals surface area contributed by atoms with Gasteiger partial charge in [0, 0.05) is 31.1 Å². The van der Waals surface area contributed by atoms with Gasteiger partial charge in [0.2, 0.25) is 11.9 Å². The van der Waals surface area contributed by atoms with Crippen LogP contribution >= 0.6 is 12.4 Å². The maximum absolute atomic E-state index is 12.0. The second kappa shape index (κ2) is 8.57. The number of sulfone groups is 1. The van der Waals surface area contributed by atoms with Crippen molar-refractivity contribution in [1.82, 2.24) is 19.5 Å². The van der Waals surface area contributed by atoms with Gasteiger partial charge in [-0.05, 0) is 30.5 Å². The number of aromatic nitrogens is 3. The Morgan fingerprint density at radius 3 is 2.45 bits per heavy atom. The molecule has 3 aromatic rings. The molecule has 5 rings (SSSR count). The predicted octanol–water partition coefficient (Wildman–Crippen LogP) is 2.40. The summed E-state index contributed by atoms with van der Waals surface area (Å²) in [6.07, 6.45) is 1.87. The lowest BCUT2D eigenvalue weighted by molar-refractivity contribution is -0.117. The normalized spacial score (nSPS) is 18.5. The number of nitrogens with zero attached hydrogens (tertiary/aromatic N) is 4. The average molecular weight is 462 g/mol. The van der Waals surface area contributed by atoms with E-state index in [2.05, 4.69) is 32.4 Å². The van der Waals surface area contributed by atoms with Crippen molar-refractivity contribution in [3.05, 3.63) is 48.0 Å². The lowest BCUT2D eigenvalue weighted by Gasteiger charge is -2.26. The van der Waals surface area contributed by atoms with E-state index in [0.29, 0.717) is 24.7 Å². The monoisotopic (exact) mass is 461 g/mol. The van der Waals surface area contributed by atoms with Crippen molar-refractivity contribution in [3.63, 3.8) is 0 Å². The molecule has 0 radical (unpaired) electrons. The molecule has 2 fully saturated rings. The second-order valence-electron chi connectivity index (χ2n) is 8.00. The van der Waals surface area contributed by atoms with Crippen molar-refractivity contribution >= 4 is 39.7 Å². The Bertz CT molecular complexity index is 1190. The van der Waals surface area contributed by atoms with Crippen molar-refractivity contribution < 1.29 is 13.2 Å². The van der Waals surface area contributed by atoms with Crippen molar-refractivity contribution in [3.8, 4) is 11.3 Å². The number of carbonyl (C=O) groups is 1. The molecule has 1 saturated heterocycles. The third-order valence-corrected chi connectivity index (χ3v) is 7.24. The largest absolute Gasteiger partial charge is 0.297 e. The van der Waals surface area contributed by atoms with Gasteiger partial charge in [-0.15, -0.1) is 17.5 Å². The van der Waals surface area contributed by atoms with Crippen molar-refractivity contribution in [2.75, 3.05) is 29.9 Å². The summed E-state index contributed by atoms with van der Waals surface area (Å²) in [5.41, 5.74) is 3.71. The van der Waals surface area contributed by atoms with Crippen LogP contribution in [0.2, 0.25) is 0 Å². The van der Waals surface area contributed by atoms with Gasteiger partial charge in [0.05, 0.1) is 17.2 Å². The number of halogens is 1. The molecule has 2 aromatic heterocycles. The fraction of sp³-hybridized carbons (Fsp3) is 0.381. The van der Waals surface area contributed by atoms with E-state index in [-0.39, 0.29) is 35.7 Å². The molecule has 1 aromatic carbocycles. The van der Waals surface area contributed by atoms with Crippen LogP contribution in [-0.2, 0) is 21.2 Å². The Balaban J connectivity index is 0.00000231. The van der Waals surface area contributed by atoms with Gasteiger partial charge in [-0.25, -0.2) is 12.9 Å². The molecule has 3 heterocycles. The lowest BCUT2D eigenvalue weighted by atomic mass is 10.1. The van der Waals surface area contributed by atoms with Gasteiger partial charge in [-0.2, -0.15) is 4.98 Å². The van der Waals surface area contributed by atoms with Gasteiger partial charge in [-0.1, -0.05) is 30.3 Å². The van der Waals surface area contributed by atoms with Gasteiger partial charge < -0.3 is 0 Å². The summed E-state index contributed by atoms with van der Waals surface area (Å²) in [5.74, 6) is 0.889. The number of benzene rings is 1. The summed E-state index contributed by atoms with van der Waals surface area (Å²) >= 11 is 0. The van der Waals surface area contributed by atoms with Gasteiger partial charge in [0.25, 0.3) is 0 Å². The second-order valence-corrected chi connectivity index (χ2v) is 10.3. The van der Waals surface area contributed by atoms with Crippen molar-refractivity contribution in [1.29, 1.82) is 0 Å². The fourth-order valence-corrected chi connectivity index (χ4v) is 4.96. The summed E-state index contributed by atoms with van der Waals surface area (Å²) in [6.45, 7) is 1.90. The quantitative estimate of drug-likeness (QED) is 0.626. The van der Waals surface area contributed by atoms with Crippen LogP contribution in [-0.4, -0.2) is 58.4 Å². The van der Waals surface area contributed by atoms with Crippen LogP contribution in [0.4, 0.5) is 5.95 Å². The number of rotatable bonds is 5. The maximum Gasteiger partial charge on any atom is 0.249 e. The summed E-state index contributed by atoms with van der Waals surface area (Å²) in [5, 5.41) is 7.28. The van der Waals surface area contributed by atoms with Crippen molar-refractivity contribution in [2.45, 2.75) is 19.4 Å². The number of anilines is 1. The molecule has 8 nitrogen and oxygen atoms in total. The highest BCUT2D eigenvalue weighted by atomic mass is 35.5. The SMILES string of the molecule is Cl.O=C(Nc1nc2cccc(-c3ccc(CN4CCS(=O)(=O)CC4)cc3)n2n1)C1CC1. The molecule has 0 spiro atoms. The molecule has 2 aliphatic rings. The molecule has 1 N–H and O–H groups in total. The molecule has 0 bridgehead atoms. The van der Waals surface area contributed by atoms with E-state index in [9.17, 15) is 13.2 Å². The van der Waals surface area contributed by atoms with Crippen molar-refractivity contribution in [2.24, 2.45) is 5.92 Å². The standard InChI is InChI=1S/C21H23N5O3S.ClH/c27-20(17-8-9-17)23-21-22-19-3-1-2-18(26(19)24-21)16-6-4-15(5-7-16)14-25-10-12-30(28,29)13-11-25;/h1-7,17H,8-14H2,(H,23,24,27);1H. The van der Waals surface area contributed by atoms with Gasteiger partial charge in [0.15, 0.2) is 15.5 Å². The minimum absolute atomic E-state index is 0. The number of hydrogen-bond acceptors (Lipinski definition) is 6. The highest BCUT2D eigenvalue weighted by molar-refractivity contribution is 7.91. The first-order valence-electron chi connectivity index (χ1n) is 10.2. The number of pyridine rings is 1. The first-order chi connectivity index (χ1) is 14.5. The smallest absolute Gasteiger partial charge is 0.249 e. The lowest BCUT2D eigenvalue weighted by Crippen LogP contribution is -2.39. The molecule has 164 valence electrons. The zero-order chi connectivity index (χ0) is 20.7. The molecule has 1 aliphatic heterocycles. The summed E-state index contributed by atoms with van der Waals surface area (Å²) in [6, 6.07) is 14.0. The number of carbonyl (C=O) groups excluding carboxylic acids is 1. The molecule has 1 saturated carbocycles. The van der Waals surface area contributed by atoms with Crippen LogP contribution in [0.15, 0.2) is 42.5 Å². The molecule has 0 unspecified atom stereocenters. The topological polar surface area (TPSA) is 96.7 Å². The van der Waals surface area contributed by atoms with E-state index in [1.165, 1.54) is 0 Å². The van der Waals surface area contributed by atoms with E-state index in [0.717, 1.165) is 36.2 Å². The van der Waals surface area contributed by atoms with Crippen LogP contribution in [0.1, 0.15) is 18.4 Å². The molecule has 1 amide bonds. The zero-order valence-corrected chi connectivity index (χ0v) is 18.5. The van der Waals surface area contributed by atoms with Crippen LogP contribution in [0.5, 0.6) is 0 Å². The zero-order valence-electron chi connectivity index (χ0n) is 16.9. The summed E-state index contributed by atoms with van der Waals surface area (Å²) in [7, 11) is -2.86. The first-order valence-corrected chi connectivity index (χ1v) is 12.0. The van der Waals surface area contributed by atoms with Crippen LogP contribution in [0.3, 0.4) is 0 Å². The predicted molar refractivity (Wildman–Crippen MR) is 121 cm³/mol. The Hall–Kier alpha value is -2.49. The van der Waals surface area contributed by atoms with Crippen LogP contribution in [0.25, 0.3) is 16.9 Å². The molecule has 1 aliphatic carbocycles. The van der Waals surface area contributed by atoms with E-state index >= 15 is 0 Å². The molecular weight excluding hydrogens is 438 g/mol. The Morgan fingerprint density at radius 1 is 1.06 bits per heavy atom. The number of amides is 1. The average Bonchev–Trinajstić information content (AvgIpc) is 3.50. The molecule has 10 heteroatoms. The third kappa shape index (κ3) is 4.89. The minimum atomic E-state index is -2.86. The highest BCUT2D eigenvalue weighted by Gasteiger charge is 2.30. The number of nitrogens with one attached hydrogen (secondary N) is 1. The maximum atomic E-state index is 12.0. The first kappa shape index (κ1) is 21.7. The molecule has 31 heavy (non-hydrogen) atoms. The summed E-state index contributed by atoms with van der Waals surface area (Å²) in [4.78, 5) is 18.6. The van der Waals surface area contributed by atoms with Gasteiger partial charge >= 0.3 is 0 Å². The number of fused-ring (bicyclic) bond motifs is 1. The van der Waals surface area contributed by atoms with Gasteiger partial charge in [0.1, 0.15) is 0 Å². The van der Waals surface area contributed by atoms with E-state index in [4.69, 9.17) is 0 Å². The summed E-state index contributed by atoms with van der Waals surface area (Å²) < 4.78 is 24.9. The van der Waals surface area contributed by atoms with E-state index in [1.54, 1.807) is 4.52 Å². The fourth-order valence-electron chi connectivity index (χ4n) is 3.68. The van der Waals surface area contributed by atoms with E-state index < -0.39 is 9.84 Å². The Labute approximate surface area is 187 Å². The van der Waals surface area contributed by atoms with Crippen LogP contribution < -0.4 is 5.32 Å². The van der Waals surface area contributed by atoms with E-state index in [1.807, 2.05) is 30.3 Å². The van der Waals surface area contributed by atoms with Gasteiger partial charge in [-0.3, -0.25) is 15.0 Å². The minimum Gasteiger partial charge on any atom is -0.297 e. The number of hydrogen-bond donors (Lipinski definition) is 1. The molecule has 0 atom stereocenters. The van der Waals surface area contributed by atoms with Crippen LogP contribution in [0, 0.1) is 5.92 Å². The third-order valence-electron chi connectivity index (χ3n) is 5.64. The Kier molecular flexibility index (Phi) is 6.00. The Morgan fingerprint density at radius 2 is 1.77 bits per heavy atom.